The Hall–Kier alpha value is -2.83. The van der Waals surface area contributed by atoms with Crippen molar-refractivity contribution in [2.45, 2.75) is 13.1 Å². The lowest BCUT2D eigenvalue weighted by Gasteiger charge is -2.09. The van der Waals surface area contributed by atoms with E-state index < -0.39 is 23.6 Å². The van der Waals surface area contributed by atoms with Crippen LogP contribution in [-0.2, 0) is 11.0 Å². The number of benzene rings is 2. The van der Waals surface area contributed by atoms with Crippen LogP contribution in [0.4, 0.5) is 18.9 Å². The van der Waals surface area contributed by atoms with Gasteiger partial charge in [0.25, 0.3) is 5.91 Å². The highest BCUT2D eigenvalue weighted by Crippen LogP contribution is 2.29. The van der Waals surface area contributed by atoms with Gasteiger partial charge in [0.1, 0.15) is 0 Å². The van der Waals surface area contributed by atoms with Crippen LogP contribution in [0.25, 0.3) is 0 Å². The molecule has 0 atom stereocenters. The van der Waals surface area contributed by atoms with Crippen molar-refractivity contribution < 1.29 is 22.8 Å². The summed E-state index contributed by atoms with van der Waals surface area (Å²) in [5.74, 6) is -1.05. The van der Waals surface area contributed by atoms with Crippen molar-refractivity contribution in [2.24, 2.45) is 0 Å². The van der Waals surface area contributed by atoms with Crippen molar-refractivity contribution >= 4 is 17.5 Å². The van der Waals surface area contributed by atoms with Gasteiger partial charge in [-0.25, -0.2) is 0 Å². The molecule has 0 spiro atoms. The molecule has 0 saturated carbocycles. The fraction of sp³-hybridized carbons (Fsp3) is 0.176. The number of carbonyl (C=O) groups is 2. The van der Waals surface area contributed by atoms with Crippen molar-refractivity contribution in [3.05, 3.63) is 65.2 Å². The Bertz CT molecular complexity index is 740. The highest BCUT2D eigenvalue weighted by molar-refractivity contribution is 5.99. The predicted octanol–water partition coefficient (Wildman–Crippen LogP) is 3.38. The highest BCUT2D eigenvalue weighted by atomic mass is 19.4. The molecule has 0 aromatic heterocycles. The van der Waals surface area contributed by atoms with E-state index in [9.17, 15) is 22.8 Å². The van der Waals surface area contributed by atoms with Crippen LogP contribution in [0, 0.1) is 6.92 Å². The molecular weight excluding hydrogens is 321 g/mol. The van der Waals surface area contributed by atoms with E-state index in [1.54, 1.807) is 18.2 Å². The van der Waals surface area contributed by atoms with Crippen LogP contribution in [0.5, 0.6) is 0 Å². The normalized spacial score (nSPS) is 11.0. The molecule has 2 aromatic rings. The summed E-state index contributed by atoms with van der Waals surface area (Å²) in [5.41, 5.74) is 0.785. The maximum atomic E-state index is 12.5. The first-order valence-electron chi connectivity index (χ1n) is 7.08. The van der Waals surface area contributed by atoms with Gasteiger partial charge in [0.05, 0.1) is 12.1 Å². The summed E-state index contributed by atoms with van der Waals surface area (Å²) < 4.78 is 37.4. The first-order valence-corrected chi connectivity index (χ1v) is 7.08. The summed E-state index contributed by atoms with van der Waals surface area (Å²) in [6.07, 6.45) is -4.46. The van der Waals surface area contributed by atoms with Crippen molar-refractivity contribution in [3.8, 4) is 0 Å². The third kappa shape index (κ3) is 4.84. The van der Waals surface area contributed by atoms with Gasteiger partial charge in [0, 0.05) is 11.3 Å². The standard InChI is InChI=1S/C17H15F3N2O2/c1-11-3-2-4-14(9-11)22-15(23)10-21-16(24)12-5-7-13(8-6-12)17(18,19)20/h2-9H,10H2,1H3,(H,21,24)(H,22,23). The number of amides is 2. The smallest absolute Gasteiger partial charge is 0.343 e. The molecule has 0 radical (unpaired) electrons. The highest BCUT2D eigenvalue weighted by Gasteiger charge is 2.30. The van der Waals surface area contributed by atoms with Crippen molar-refractivity contribution in [3.63, 3.8) is 0 Å². The van der Waals surface area contributed by atoms with Crippen molar-refractivity contribution in [1.82, 2.24) is 5.32 Å². The number of hydrogen-bond donors (Lipinski definition) is 2. The van der Waals surface area contributed by atoms with Crippen LogP contribution >= 0.6 is 0 Å². The van der Waals surface area contributed by atoms with E-state index in [1.165, 1.54) is 0 Å². The predicted molar refractivity (Wildman–Crippen MR) is 83.6 cm³/mol. The van der Waals surface area contributed by atoms with Gasteiger partial charge in [0.2, 0.25) is 5.91 Å². The zero-order chi connectivity index (χ0) is 17.7. The molecule has 4 nitrogen and oxygen atoms in total. The molecule has 2 N–H and O–H groups in total. The molecule has 24 heavy (non-hydrogen) atoms. The van der Waals surface area contributed by atoms with Gasteiger partial charge >= 0.3 is 6.18 Å². The number of anilines is 1. The number of carbonyl (C=O) groups excluding carboxylic acids is 2. The fourth-order valence-electron chi connectivity index (χ4n) is 2.00. The van der Waals surface area contributed by atoms with E-state index in [-0.39, 0.29) is 12.1 Å². The molecule has 126 valence electrons. The molecular formula is C17H15F3N2O2. The SMILES string of the molecule is Cc1cccc(NC(=O)CNC(=O)c2ccc(C(F)(F)F)cc2)c1. The number of hydrogen-bond acceptors (Lipinski definition) is 2. The van der Waals surface area contributed by atoms with Crippen LogP contribution in [-0.4, -0.2) is 18.4 Å². The van der Waals surface area contributed by atoms with Gasteiger partial charge in [-0.1, -0.05) is 12.1 Å². The molecule has 0 unspecified atom stereocenters. The number of alkyl halides is 3. The molecule has 2 amide bonds. The Morgan fingerprint density at radius 2 is 1.71 bits per heavy atom. The summed E-state index contributed by atoms with van der Waals surface area (Å²) in [4.78, 5) is 23.6. The molecule has 0 saturated heterocycles. The summed E-state index contributed by atoms with van der Waals surface area (Å²) in [6, 6.07) is 10.9. The van der Waals surface area contributed by atoms with Crippen LogP contribution < -0.4 is 10.6 Å². The molecule has 0 fully saturated rings. The molecule has 2 rings (SSSR count). The number of aryl methyl sites for hydroxylation is 1. The molecule has 7 heteroatoms. The lowest BCUT2D eigenvalue weighted by molar-refractivity contribution is -0.137. The van der Waals surface area contributed by atoms with Crippen molar-refractivity contribution in [1.29, 1.82) is 0 Å². The van der Waals surface area contributed by atoms with E-state index in [1.807, 2.05) is 13.0 Å². The number of rotatable bonds is 4. The Morgan fingerprint density at radius 3 is 2.29 bits per heavy atom. The quantitative estimate of drug-likeness (QED) is 0.899. The topological polar surface area (TPSA) is 58.2 Å². The lowest BCUT2D eigenvalue weighted by Crippen LogP contribution is -2.32. The minimum atomic E-state index is -4.46. The van der Waals surface area contributed by atoms with Gasteiger partial charge < -0.3 is 10.6 Å². The Balaban J connectivity index is 1.89. The molecule has 2 aromatic carbocycles. The number of halogens is 3. The van der Waals surface area contributed by atoms with E-state index >= 15 is 0 Å². The number of nitrogens with one attached hydrogen (secondary N) is 2. The second-order valence-electron chi connectivity index (χ2n) is 5.18. The van der Waals surface area contributed by atoms with E-state index in [0.717, 1.165) is 29.8 Å². The van der Waals surface area contributed by atoms with Gasteiger partial charge in [-0.3, -0.25) is 9.59 Å². The van der Waals surface area contributed by atoms with Gasteiger partial charge in [-0.15, -0.1) is 0 Å². The first kappa shape index (κ1) is 17.5. The summed E-state index contributed by atoms with van der Waals surface area (Å²) in [5, 5.41) is 4.98. The van der Waals surface area contributed by atoms with Crippen LogP contribution in [0.1, 0.15) is 21.5 Å². The van der Waals surface area contributed by atoms with Gasteiger partial charge in [0.15, 0.2) is 0 Å². The lowest BCUT2D eigenvalue weighted by atomic mass is 10.1. The third-order valence-corrected chi connectivity index (χ3v) is 3.19. The second kappa shape index (κ2) is 7.16. The largest absolute Gasteiger partial charge is 0.416 e. The minimum absolute atomic E-state index is 0.0476. The Labute approximate surface area is 136 Å². The minimum Gasteiger partial charge on any atom is -0.343 e. The first-order chi connectivity index (χ1) is 11.3. The summed E-state index contributed by atoms with van der Waals surface area (Å²) >= 11 is 0. The van der Waals surface area contributed by atoms with Crippen LogP contribution in [0.2, 0.25) is 0 Å². The van der Waals surface area contributed by atoms with Crippen LogP contribution in [0.3, 0.4) is 0 Å². The van der Waals surface area contributed by atoms with Crippen LogP contribution in [0.15, 0.2) is 48.5 Å². The van der Waals surface area contributed by atoms with Gasteiger partial charge in [-0.05, 0) is 48.9 Å². The van der Waals surface area contributed by atoms with E-state index in [2.05, 4.69) is 10.6 Å². The molecule has 0 aliphatic heterocycles. The zero-order valence-corrected chi connectivity index (χ0v) is 12.8. The average molecular weight is 336 g/mol. The van der Waals surface area contributed by atoms with E-state index in [0.29, 0.717) is 5.69 Å². The summed E-state index contributed by atoms with van der Waals surface area (Å²) in [7, 11) is 0. The average Bonchev–Trinajstić information content (AvgIpc) is 2.52. The monoisotopic (exact) mass is 336 g/mol. The Kier molecular flexibility index (Phi) is 5.23. The van der Waals surface area contributed by atoms with Crippen molar-refractivity contribution in [2.75, 3.05) is 11.9 Å². The molecule has 0 aliphatic rings. The summed E-state index contributed by atoms with van der Waals surface area (Å²) in [6.45, 7) is 1.59. The van der Waals surface area contributed by atoms with E-state index in [4.69, 9.17) is 0 Å². The molecule has 0 bridgehead atoms. The second-order valence-corrected chi connectivity index (χ2v) is 5.18. The molecule has 0 heterocycles. The maximum Gasteiger partial charge on any atom is 0.416 e. The Morgan fingerprint density at radius 1 is 1.04 bits per heavy atom. The zero-order valence-electron chi connectivity index (χ0n) is 12.8. The maximum absolute atomic E-state index is 12.5. The van der Waals surface area contributed by atoms with Gasteiger partial charge in [-0.2, -0.15) is 13.2 Å². The third-order valence-electron chi connectivity index (χ3n) is 3.19. The molecule has 0 aliphatic carbocycles. The fourth-order valence-corrected chi connectivity index (χ4v) is 2.00.